The van der Waals surface area contributed by atoms with Crippen LogP contribution in [0.15, 0.2) is 121 Å². The standard InChI is InChI=1S/C30H27N9O22S7/c31-16-9-17(32)21(63(43,44)45)11-18(16)35-36-19-10-20(23(65(49,50)51)12-22(19)64(46,47)48)37-39-29-25(67(55,56)57)8-13-7-24(66(52,53)54)28(27(33)26(13)30(29)40)38-34-14-1-3-15(4-2-14)62(41,42)6-5-61-68(58,59)60/h1-4,7-12,40H,5-6,31-33H2,(H,43,44,45)(H,46,47,48)(H,49,50,51)(H,52,53,54)(H,55,56,57)(H,58,59,60)/b36-35+,38-34+,39-37+. The van der Waals surface area contributed by atoms with E-state index in [4.69, 9.17) is 21.8 Å². The zero-order valence-corrected chi connectivity index (χ0v) is 38.4. The van der Waals surface area contributed by atoms with Gasteiger partial charge in [-0.15, -0.1) is 25.6 Å². The Morgan fingerprint density at radius 2 is 0.926 bits per heavy atom. The van der Waals surface area contributed by atoms with Crippen LogP contribution in [0.5, 0.6) is 5.75 Å². The summed E-state index contributed by atoms with van der Waals surface area (Å²) < 4.78 is 232. The molecule has 5 aromatic carbocycles. The second-order valence-electron chi connectivity index (χ2n) is 13.1. The molecule has 0 atom stereocenters. The van der Waals surface area contributed by atoms with Crippen LogP contribution in [0.4, 0.5) is 51.2 Å². The highest BCUT2D eigenvalue weighted by Gasteiger charge is 2.30. The number of nitrogens with two attached hydrogens (primary N) is 3. The van der Waals surface area contributed by atoms with Gasteiger partial charge in [-0.25, -0.2) is 12.6 Å². The number of phenolic OH excluding ortho intramolecular Hbond substituents is 1. The Kier molecular flexibility index (Phi) is 14.2. The molecular weight excluding hydrogens is 1060 g/mol. The molecule has 0 bridgehead atoms. The first-order chi connectivity index (χ1) is 30.9. The van der Waals surface area contributed by atoms with Crippen molar-refractivity contribution in [3.63, 3.8) is 0 Å². The summed E-state index contributed by atoms with van der Waals surface area (Å²) in [5, 5.41) is 31.2. The van der Waals surface area contributed by atoms with Crippen molar-refractivity contribution in [2.75, 3.05) is 29.6 Å². The van der Waals surface area contributed by atoms with Crippen molar-refractivity contribution in [3.05, 3.63) is 60.7 Å². The molecule has 0 saturated carbocycles. The molecule has 0 heterocycles. The summed E-state index contributed by atoms with van der Waals surface area (Å²) in [7, 11) is -36.5. The van der Waals surface area contributed by atoms with Crippen LogP contribution in [0.1, 0.15) is 0 Å². The molecule has 0 aliphatic carbocycles. The third-order valence-electron chi connectivity index (χ3n) is 8.47. The molecule has 0 fully saturated rings. The van der Waals surface area contributed by atoms with E-state index in [-0.39, 0.29) is 11.8 Å². The Morgan fingerprint density at radius 1 is 0.471 bits per heavy atom. The van der Waals surface area contributed by atoms with Gasteiger partial charge < -0.3 is 22.3 Å². The largest absolute Gasteiger partial charge is 0.505 e. The number of hydrogen-bond donors (Lipinski definition) is 10. The van der Waals surface area contributed by atoms with Crippen LogP contribution in [0.2, 0.25) is 0 Å². The lowest BCUT2D eigenvalue weighted by atomic mass is 10.1. The highest BCUT2D eigenvalue weighted by molar-refractivity contribution is 7.91. The number of fused-ring (bicyclic) bond motifs is 1. The SMILES string of the molecule is Nc1cc(N)c(S(=O)(=O)O)cc1/N=N/c1cc(/N=N/c2c(S(=O)(=O)O)cc3cc(S(=O)(=O)O)c(/N=N/c4ccc(S(=O)(=O)CCOS(=O)(=O)O)cc4)c(N)c3c2O)c(S(=O)(=O)O)cc1S(=O)(=O)O. The Hall–Kier alpha value is -6.27. The van der Waals surface area contributed by atoms with Gasteiger partial charge in [-0.2, -0.15) is 55.6 Å². The van der Waals surface area contributed by atoms with Crippen molar-refractivity contribution in [2.45, 2.75) is 29.4 Å². The maximum Gasteiger partial charge on any atom is 0.397 e. The molecule has 5 rings (SSSR count). The number of anilines is 3. The molecule has 68 heavy (non-hydrogen) atoms. The highest BCUT2D eigenvalue weighted by atomic mass is 32.3. The van der Waals surface area contributed by atoms with Gasteiger partial charge in [-0.05, 0) is 66.0 Å². The van der Waals surface area contributed by atoms with Crippen molar-refractivity contribution in [2.24, 2.45) is 30.7 Å². The van der Waals surface area contributed by atoms with Gasteiger partial charge in [-0.3, -0.25) is 27.3 Å². The highest BCUT2D eigenvalue weighted by Crippen LogP contribution is 2.49. The number of nitrogen functional groups attached to an aromatic ring is 3. The van der Waals surface area contributed by atoms with Gasteiger partial charge in [0.05, 0.1) is 45.4 Å². The Bertz CT molecular complexity index is 3870. The molecule has 13 N–H and O–H groups in total. The molecule has 0 aromatic heterocycles. The summed E-state index contributed by atoms with van der Waals surface area (Å²) in [5.74, 6) is -2.36. The van der Waals surface area contributed by atoms with Crippen molar-refractivity contribution < 1.29 is 95.5 Å². The predicted octanol–water partition coefficient (Wildman–Crippen LogP) is 3.36. The molecule has 31 nitrogen and oxygen atoms in total. The molecule has 38 heteroatoms. The fourth-order valence-electron chi connectivity index (χ4n) is 5.53. The average molecular weight is 1090 g/mol. The van der Waals surface area contributed by atoms with Crippen LogP contribution in [0.25, 0.3) is 10.8 Å². The fraction of sp³-hybridized carbons (Fsp3) is 0.0667. The Morgan fingerprint density at radius 3 is 1.41 bits per heavy atom. The number of phenols is 1. The van der Waals surface area contributed by atoms with Crippen molar-refractivity contribution >= 4 is 133 Å². The molecule has 5 aromatic rings. The van der Waals surface area contributed by atoms with Crippen molar-refractivity contribution in [1.29, 1.82) is 0 Å². The van der Waals surface area contributed by atoms with Crippen LogP contribution >= 0.6 is 0 Å². The zero-order chi connectivity index (χ0) is 51.3. The third-order valence-corrected chi connectivity index (χ3v) is 15.0. The van der Waals surface area contributed by atoms with Crippen LogP contribution in [-0.2, 0) is 75.0 Å². The number of sulfone groups is 1. The van der Waals surface area contributed by atoms with E-state index in [0.29, 0.717) is 24.3 Å². The number of hydrogen-bond acceptors (Lipinski definition) is 25. The van der Waals surface area contributed by atoms with E-state index in [1.807, 2.05) is 0 Å². The summed E-state index contributed by atoms with van der Waals surface area (Å²) >= 11 is 0. The minimum absolute atomic E-state index is 0.0363. The number of nitrogens with zero attached hydrogens (tertiary/aromatic N) is 6. The molecule has 0 aliphatic rings. The third kappa shape index (κ3) is 12.1. The van der Waals surface area contributed by atoms with Crippen molar-refractivity contribution in [3.8, 4) is 5.75 Å². The summed E-state index contributed by atoms with van der Waals surface area (Å²) in [4.78, 5) is -7.03. The average Bonchev–Trinajstić information content (AvgIpc) is 3.16. The van der Waals surface area contributed by atoms with Crippen molar-refractivity contribution in [1.82, 2.24) is 0 Å². The summed E-state index contributed by atoms with van der Waals surface area (Å²) in [6.45, 7) is -0.970. The summed E-state index contributed by atoms with van der Waals surface area (Å²) in [5.41, 5.74) is 9.91. The number of aromatic hydroxyl groups is 1. The number of benzene rings is 5. The smallest absolute Gasteiger partial charge is 0.397 e. The normalized spacial score (nSPS) is 13.6. The van der Waals surface area contributed by atoms with E-state index in [1.54, 1.807) is 0 Å². The summed E-state index contributed by atoms with van der Waals surface area (Å²) in [6, 6.07) is 6.41. The summed E-state index contributed by atoms with van der Waals surface area (Å²) in [6.07, 6.45) is 0. The number of azo groups is 3. The van der Waals surface area contributed by atoms with E-state index < -0.39 is 175 Å². The number of rotatable bonds is 16. The van der Waals surface area contributed by atoms with Gasteiger partial charge in [0.25, 0.3) is 50.6 Å². The quantitative estimate of drug-likeness (QED) is 0.0384. The van der Waals surface area contributed by atoms with E-state index in [1.165, 1.54) is 0 Å². The predicted molar refractivity (Wildman–Crippen MR) is 229 cm³/mol. The van der Waals surface area contributed by atoms with Crippen LogP contribution in [0.3, 0.4) is 0 Å². The topological polar surface area (TPSA) is 542 Å². The van der Waals surface area contributed by atoms with Gasteiger partial charge in [-0.1, -0.05) is 0 Å². The molecule has 0 spiro atoms. The van der Waals surface area contributed by atoms with Gasteiger partial charge in [0, 0.05) is 0 Å². The first kappa shape index (κ1) is 52.7. The van der Waals surface area contributed by atoms with E-state index in [0.717, 1.165) is 30.3 Å². The fourth-order valence-corrected chi connectivity index (χ4v) is 10.3. The molecule has 0 amide bonds. The van der Waals surface area contributed by atoms with Gasteiger partial charge in [0.15, 0.2) is 15.6 Å². The maximum atomic E-state index is 12.6. The molecule has 0 unspecified atom stereocenters. The van der Waals surface area contributed by atoms with Crippen LogP contribution < -0.4 is 17.2 Å². The van der Waals surface area contributed by atoms with E-state index in [2.05, 4.69) is 34.9 Å². The van der Waals surface area contributed by atoms with Crippen LogP contribution in [0, 0.1) is 0 Å². The molecule has 366 valence electrons. The maximum absolute atomic E-state index is 12.6. The molecule has 0 aliphatic heterocycles. The lowest BCUT2D eigenvalue weighted by molar-refractivity contribution is 0.284. The van der Waals surface area contributed by atoms with Gasteiger partial charge in [0.1, 0.15) is 52.9 Å². The van der Waals surface area contributed by atoms with E-state index in [9.17, 15) is 86.8 Å². The zero-order valence-electron chi connectivity index (χ0n) is 32.7. The van der Waals surface area contributed by atoms with Gasteiger partial charge >= 0.3 is 10.4 Å². The lowest BCUT2D eigenvalue weighted by Gasteiger charge is -2.14. The second-order valence-corrected chi connectivity index (χ2v) is 23.2. The molecule has 0 radical (unpaired) electrons. The minimum Gasteiger partial charge on any atom is -0.505 e. The van der Waals surface area contributed by atoms with Crippen LogP contribution in [-0.4, -0.2) is 104 Å². The second kappa shape index (κ2) is 18.3. The monoisotopic (exact) mass is 1090 g/mol. The molecule has 0 saturated heterocycles. The first-order valence-electron chi connectivity index (χ1n) is 17.0. The minimum atomic E-state index is -5.65. The van der Waals surface area contributed by atoms with E-state index >= 15 is 0 Å². The molecular formula is C30H27N9O22S7. The van der Waals surface area contributed by atoms with Gasteiger partial charge in [0.2, 0.25) is 0 Å². The lowest BCUT2D eigenvalue weighted by Crippen LogP contribution is -2.15. The Labute approximate surface area is 382 Å². The first-order valence-corrected chi connectivity index (χ1v) is 27.2. The Balaban J connectivity index is 1.71.